The van der Waals surface area contributed by atoms with Crippen molar-refractivity contribution in [3.8, 4) is 0 Å². The number of hydrogen-bond acceptors (Lipinski definition) is 4. The Morgan fingerprint density at radius 2 is 2.00 bits per heavy atom. The van der Waals surface area contributed by atoms with Crippen molar-refractivity contribution < 1.29 is 4.52 Å². The molecule has 19 heavy (non-hydrogen) atoms. The molecule has 4 heteroatoms. The fourth-order valence-electron chi connectivity index (χ4n) is 3.56. The molecule has 1 saturated heterocycles. The van der Waals surface area contributed by atoms with Crippen molar-refractivity contribution in [2.45, 2.75) is 63.7 Å². The van der Waals surface area contributed by atoms with Crippen LogP contribution in [-0.2, 0) is 0 Å². The molecule has 1 aliphatic heterocycles. The van der Waals surface area contributed by atoms with Crippen LogP contribution in [0.25, 0.3) is 0 Å². The summed E-state index contributed by atoms with van der Waals surface area (Å²) in [5.74, 6) is 3.75. The Hall–Kier alpha value is -0.900. The highest BCUT2D eigenvalue weighted by molar-refractivity contribution is 5.02. The van der Waals surface area contributed by atoms with Crippen molar-refractivity contribution in [2.75, 3.05) is 13.1 Å². The second-order valence-electron chi connectivity index (χ2n) is 6.19. The number of rotatable bonds is 4. The zero-order valence-electron chi connectivity index (χ0n) is 11.9. The van der Waals surface area contributed by atoms with E-state index in [1.807, 2.05) is 0 Å². The van der Waals surface area contributed by atoms with Gasteiger partial charge in [0.05, 0.1) is 5.92 Å². The first-order chi connectivity index (χ1) is 9.36. The molecule has 1 atom stereocenters. The van der Waals surface area contributed by atoms with E-state index >= 15 is 0 Å². The summed E-state index contributed by atoms with van der Waals surface area (Å²) in [6.45, 7) is 4.35. The Morgan fingerprint density at radius 1 is 1.16 bits per heavy atom. The van der Waals surface area contributed by atoms with Gasteiger partial charge < -0.3 is 9.84 Å². The van der Waals surface area contributed by atoms with E-state index in [1.54, 1.807) is 0 Å². The topological polar surface area (TPSA) is 51.0 Å². The third-order valence-electron chi connectivity index (χ3n) is 4.78. The Morgan fingerprint density at radius 3 is 2.68 bits per heavy atom. The first-order valence-electron chi connectivity index (χ1n) is 7.91. The second-order valence-corrected chi connectivity index (χ2v) is 6.19. The van der Waals surface area contributed by atoms with Crippen molar-refractivity contribution in [2.24, 2.45) is 5.92 Å². The van der Waals surface area contributed by atoms with Crippen molar-refractivity contribution in [3.63, 3.8) is 0 Å². The molecule has 0 amide bonds. The minimum Gasteiger partial charge on any atom is -0.339 e. The van der Waals surface area contributed by atoms with E-state index in [0.29, 0.717) is 11.8 Å². The molecule has 1 N–H and O–H groups in total. The third kappa shape index (κ3) is 2.99. The van der Waals surface area contributed by atoms with E-state index in [9.17, 15) is 0 Å². The Bertz CT molecular complexity index is 390. The molecule has 2 heterocycles. The van der Waals surface area contributed by atoms with Crippen LogP contribution in [0.3, 0.4) is 0 Å². The van der Waals surface area contributed by atoms with E-state index in [-0.39, 0.29) is 0 Å². The van der Waals surface area contributed by atoms with Crippen molar-refractivity contribution in [3.05, 3.63) is 11.7 Å². The molecule has 1 aromatic heterocycles. The first-order valence-corrected chi connectivity index (χ1v) is 7.91. The molecule has 1 unspecified atom stereocenters. The monoisotopic (exact) mass is 263 g/mol. The summed E-state index contributed by atoms with van der Waals surface area (Å²) in [6.07, 6.45) is 9.00. The van der Waals surface area contributed by atoms with Gasteiger partial charge in [0.15, 0.2) is 5.82 Å². The fraction of sp³-hybridized carbons (Fsp3) is 0.867. The quantitative estimate of drug-likeness (QED) is 0.906. The largest absolute Gasteiger partial charge is 0.339 e. The van der Waals surface area contributed by atoms with Crippen molar-refractivity contribution in [1.82, 2.24) is 15.5 Å². The molecule has 0 spiro atoms. The lowest BCUT2D eigenvalue weighted by molar-refractivity contribution is 0.294. The molecule has 0 aromatic carbocycles. The Kier molecular flexibility index (Phi) is 4.16. The molecule has 3 rings (SSSR count). The highest BCUT2D eigenvalue weighted by Crippen LogP contribution is 2.36. The lowest BCUT2D eigenvalue weighted by Crippen LogP contribution is -2.14. The standard InChI is InChI=1S/C15H25N3O/c1-2-3-11-4-6-12(7-5-11)14-17-15(19-18-14)13-8-9-16-10-13/h11-13,16H,2-10H2,1H3. The molecule has 1 aliphatic carbocycles. The summed E-state index contributed by atoms with van der Waals surface area (Å²) < 4.78 is 5.48. The van der Waals surface area contributed by atoms with Crippen LogP contribution in [0.15, 0.2) is 4.52 Å². The maximum Gasteiger partial charge on any atom is 0.231 e. The van der Waals surface area contributed by atoms with Crippen LogP contribution in [0, 0.1) is 5.92 Å². The average molecular weight is 263 g/mol. The number of nitrogens with zero attached hydrogens (tertiary/aromatic N) is 2. The normalized spacial score (nSPS) is 31.7. The van der Waals surface area contributed by atoms with Crippen molar-refractivity contribution in [1.29, 1.82) is 0 Å². The van der Waals surface area contributed by atoms with Gasteiger partial charge in [-0.25, -0.2) is 0 Å². The maximum atomic E-state index is 5.48. The van der Waals surface area contributed by atoms with E-state index < -0.39 is 0 Å². The second kappa shape index (κ2) is 6.04. The highest BCUT2D eigenvalue weighted by Gasteiger charge is 2.28. The zero-order chi connectivity index (χ0) is 13.1. The van der Waals surface area contributed by atoms with Gasteiger partial charge in [-0.1, -0.05) is 24.9 Å². The Labute approximate surface area is 115 Å². The predicted octanol–water partition coefficient (Wildman–Crippen LogP) is 3.22. The summed E-state index contributed by atoms with van der Waals surface area (Å²) in [4.78, 5) is 4.67. The van der Waals surface area contributed by atoms with Gasteiger partial charge in [-0.3, -0.25) is 0 Å². The number of hydrogen-bond donors (Lipinski definition) is 1. The molecule has 1 saturated carbocycles. The van der Waals surface area contributed by atoms with Crippen LogP contribution in [0.5, 0.6) is 0 Å². The van der Waals surface area contributed by atoms with E-state index in [1.165, 1.54) is 38.5 Å². The summed E-state index contributed by atoms with van der Waals surface area (Å²) in [6, 6.07) is 0. The molecule has 4 nitrogen and oxygen atoms in total. The number of nitrogens with one attached hydrogen (secondary N) is 1. The van der Waals surface area contributed by atoms with E-state index in [2.05, 4.69) is 22.4 Å². The first kappa shape index (κ1) is 13.1. The third-order valence-corrected chi connectivity index (χ3v) is 4.78. The van der Waals surface area contributed by atoms with Gasteiger partial charge in [-0.2, -0.15) is 4.98 Å². The van der Waals surface area contributed by atoms with Gasteiger partial charge in [-0.15, -0.1) is 0 Å². The lowest BCUT2D eigenvalue weighted by Gasteiger charge is -2.26. The molecule has 0 radical (unpaired) electrons. The van der Waals surface area contributed by atoms with Crippen LogP contribution in [0.1, 0.15) is 75.4 Å². The molecule has 0 bridgehead atoms. The van der Waals surface area contributed by atoms with Gasteiger partial charge in [-0.05, 0) is 44.6 Å². The number of aromatic nitrogens is 2. The minimum absolute atomic E-state index is 0.442. The molecular weight excluding hydrogens is 238 g/mol. The van der Waals surface area contributed by atoms with Gasteiger partial charge in [0, 0.05) is 12.5 Å². The Balaban J connectivity index is 1.58. The summed E-state index contributed by atoms with van der Waals surface area (Å²) in [5, 5.41) is 7.59. The fourth-order valence-corrected chi connectivity index (χ4v) is 3.56. The molecule has 1 aromatic rings. The lowest BCUT2D eigenvalue weighted by atomic mass is 9.80. The van der Waals surface area contributed by atoms with E-state index in [4.69, 9.17) is 4.52 Å². The van der Waals surface area contributed by atoms with Gasteiger partial charge in [0.1, 0.15) is 0 Å². The summed E-state index contributed by atoms with van der Waals surface area (Å²) >= 11 is 0. The molecule has 106 valence electrons. The molecule has 2 fully saturated rings. The smallest absolute Gasteiger partial charge is 0.231 e. The van der Waals surface area contributed by atoms with Crippen LogP contribution in [-0.4, -0.2) is 23.2 Å². The van der Waals surface area contributed by atoms with Crippen LogP contribution in [0.2, 0.25) is 0 Å². The van der Waals surface area contributed by atoms with Gasteiger partial charge >= 0.3 is 0 Å². The van der Waals surface area contributed by atoms with Crippen molar-refractivity contribution >= 4 is 0 Å². The van der Waals surface area contributed by atoms with E-state index in [0.717, 1.165) is 37.1 Å². The van der Waals surface area contributed by atoms with Crippen LogP contribution in [0.4, 0.5) is 0 Å². The van der Waals surface area contributed by atoms with Gasteiger partial charge in [0.25, 0.3) is 0 Å². The maximum absolute atomic E-state index is 5.48. The summed E-state index contributed by atoms with van der Waals surface area (Å²) in [5.41, 5.74) is 0. The highest BCUT2D eigenvalue weighted by atomic mass is 16.5. The van der Waals surface area contributed by atoms with Gasteiger partial charge in [0.2, 0.25) is 5.89 Å². The predicted molar refractivity (Wildman–Crippen MR) is 74.1 cm³/mol. The molecular formula is C15H25N3O. The van der Waals surface area contributed by atoms with Crippen LogP contribution < -0.4 is 5.32 Å². The SMILES string of the molecule is CCCC1CCC(c2noc(C3CCNC3)n2)CC1. The minimum atomic E-state index is 0.442. The average Bonchev–Trinajstić information content (AvgIpc) is 3.11. The summed E-state index contributed by atoms with van der Waals surface area (Å²) in [7, 11) is 0. The van der Waals surface area contributed by atoms with Crippen LogP contribution >= 0.6 is 0 Å². The molecule has 2 aliphatic rings. The zero-order valence-corrected chi connectivity index (χ0v) is 11.9.